The first-order chi connectivity index (χ1) is 8.90. The second kappa shape index (κ2) is 7.05. The molecular weight excluding hydrogens is 323 g/mol. The van der Waals surface area contributed by atoms with Crippen molar-refractivity contribution in [3.05, 3.63) is 28.5 Å². The fraction of sp³-hybridized carbons (Fsp3) is 0.273. The molecule has 1 unspecified atom stereocenters. The normalized spacial score (nSPS) is 11.7. The maximum Gasteiger partial charge on any atom is 0.332 e. The number of hydrogen-bond acceptors (Lipinski definition) is 3. The van der Waals surface area contributed by atoms with Crippen molar-refractivity contribution >= 4 is 33.6 Å². The number of aliphatic hydroxyl groups excluding tert-OH is 1. The van der Waals surface area contributed by atoms with Crippen molar-refractivity contribution in [1.82, 2.24) is 5.32 Å². The Balaban J connectivity index is 2.39. The predicted octanol–water partition coefficient (Wildman–Crippen LogP) is 1.55. The van der Waals surface area contributed by atoms with Gasteiger partial charge in [0.25, 0.3) is 0 Å². The number of halogens is 2. The maximum atomic E-state index is 13.2. The summed E-state index contributed by atoms with van der Waals surface area (Å²) in [6.45, 7) is -0.0156. The molecule has 104 valence electrons. The van der Waals surface area contributed by atoms with Gasteiger partial charge in [-0.05, 0) is 34.1 Å². The molecule has 0 bridgehead atoms. The monoisotopic (exact) mass is 334 g/mol. The summed E-state index contributed by atoms with van der Waals surface area (Å²) in [5.41, 5.74) is 0.261. The van der Waals surface area contributed by atoms with Crippen molar-refractivity contribution in [2.75, 3.05) is 11.9 Å². The molecule has 0 heterocycles. The number of amides is 2. The SMILES string of the molecule is O=C(NCCC(O)C(=O)O)Nc1ccc(Br)c(F)c1. The van der Waals surface area contributed by atoms with Crippen molar-refractivity contribution in [2.24, 2.45) is 0 Å². The molecule has 0 aliphatic heterocycles. The lowest BCUT2D eigenvalue weighted by Gasteiger charge is -2.09. The number of carbonyl (C=O) groups excluding carboxylic acids is 1. The smallest absolute Gasteiger partial charge is 0.332 e. The first-order valence-corrected chi connectivity index (χ1v) is 6.10. The molecule has 0 aromatic heterocycles. The molecule has 0 spiro atoms. The summed E-state index contributed by atoms with van der Waals surface area (Å²) in [5.74, 6) is -1.86. The molecule has 1 atom stereocenters. The summed E-state index contributed by atoms with van der Waals surface area (Å²) in [4.78, 5) is 21.7. The molecule has 8 heteroatoms. The van der Waals surface area contributed by atoms with Gasteiger partial charge in [0.05, 0.1) is 4.47 Å². The fourth-order valence-electron chi connectivity index (χ4n) is 1.20. The van der Waals surface area contributed by atoms with Gasteiger partial charge >= 0.3 is 12.0 Å². The summed E-state index contributed by atoms with van der Waals surface area (Å²) in [7, 11) is 0. The number of rotatable bonds is 5. The van der Waals surface area contributed by atoms with Gasteiger partial charge in [-0.25, -0.2) is 14.0 Å². The number of urea groups is 1. The Labute approximate surface area is 116 Å². The van der Waals surface area contributed by atoms with Crippen molar-refractivity contribution < 1.29 is 24.2 Å². The van der Waals surface area contributed by atoms with E-state index in [0.29, 0.717) is 0 Å². The number of aliphatic carboxylic acids is 1. The second-order valence-corrected chi connectivity index (χ2v) is 4.51. The zero-order valence-corrected chi connectivity index (χ0v) is 11.3. The first kappa shape index (κ1) is 15.4. The maximum absolute atomic E-state index is 13.2. The molecular formula is C11H12BrFN2O4. The fourth-order valence-corrected chi connectivity index (χ4v) is 1.44. The first-order valence-electron chi connectivity index (χ1n) is 5.31. The van der Waals surface area contributed by atoms with E-state index < -0.39 is 23.9 Å². The summed E-state index contributed by atoms with van der Waals surface area (Å²) in [5, 5.41) is 22.1. The lowest BCUT2D eigenvalue weighted by molar-refractivity contribution is -0.146. The Bertz CT molecular complexity index is 484. The van der Waals surface area contributed by atoms with Crippen LogP contribution >= 0.6 is 15.9 Å². The molecule has 1 aromatic rings. The van der Waals surface area contributed by atoms with Crippen LogP contribution in [0.15, 0.2) is 22.7 Å². The summed E-state index contributed by atoms with van der Waals surface area (Å²) < 4.78 is 13.4. The molecule has 0 saturated carbocycles. The van der Waals surface area contributed by atoms with Crippen LogP contribution in [0.1, 0.15) is 6.42 Å². The molecule has 0 aliphatic carbocycles. The van der Waals surface area contributed by atoms with E-state index in [-0.39, 0.29) is 23.1 Å². The van der Waals surface area contributed by atoms with Gasteiger partial charge in [0.15, 0.2) is 6.10 Å². The van der Waals surface area contributed by atoms with Crippen LogP contribution in [-0.4, -0.2) is 34.9 Å². The van der Waals surface area contributed by atoms with Gasteiger partial charge in [0.2, 0.25) is 0 Å². The van der Waals surface area contributed by atoms with E-state index in [1.165, 1.54) is 12.1 Å². The number of carboxylic acid groups (broad SMARTS) is 1. The highest BCUT2D eigenvalue weighted by Gasteiger charge is 2.12. The highest BCUT2D eigenvalue weighted by molar-refractivity contribution is 9.10. The summed E-state index contributed by atoms with van der Waals surface area (Å²) in [6, 6.07) is 3.47. The average Bonchev–Trinajstić information content (AvgIpc) is 2.33. The van der Waals surface area contributed by atoms with Crippen LogP contribution in [0.3, 0.4) is 0 Å². The number of carbonyl (C=O) groups is 2. The van der Waals surface area contributed by atoms with Crippen LogP contribution in [0.25, 0.3) is 0 Å². The topological polar surface area (TPSA) is 98.7 Å². The minimum absolute atomic E-state index is 0.0156. The number of hydrogen-bond donors (Lipinski definition) is 4. The lowest BCUT2D eigenvalue weighted by Crippen LogP contribution is -2.33. The van der Waals surface area contributed by atoms with E-state index in [0.717, 1.165) is 6.07 Å². The third-order valence-corrected chi connectivity index (χ3v) is 2.81. The van der Waals surface area contributed by atoms with Gasteiger partial charge in [-0.2, -0.15) is 0 Å². The predicted molar refractivity (Wildman–Crippen MR) is 69.4 cm³/mol. The minimum atomic E-state index is -1.52. The van der Waals surface area contributed by atoms with Crippen LogP contribution in [-0.2, 0) is 4.79 Å². The van der Waals surface area contributed by atoms with Crippen molar-refractivity contribution in [2.45, 2.75) is 12.5 Å². The Morgan fingerprint density at radius 2 is 2.11 bits per heavy atom. The number of carboxylic acids is 1. The van der Waals surface area contributed by atoms with Crippen LogP contribution in [0.2, 0.25) is 0 Å². The third kappa shape index (κ3) is 5.23. The van der Waals surface area contributed by atoms with E-state index >= 15 is 0 Å². The molecule has 0 aliphatic rings. The summed E-state index contributed by atoms with van der Waals surface area (Å²) >= 11 is 2.98. The Morgan fingerprint density at radius 3 is 2.68 bits per heavy atom. The van der Waals surface area contributed by atoms with Crippen LogP contribution in [0.4, 0.5) is 14.9 Å². The van der Waals surface area contributed by atoms with Crippen molar-refractivity contribution in [3.63, 3.8) is 0 Å². The highest BCUT2D eigenvalue weighted by Crippen LogP contribution is 2.19. The highest BCUT2D eigenvalue weighted by atomic mass is 79.9. The molecule has 19 heavy (non-hydrogen) atoms. The Morgan fingerprint density at radius 1 is 1.42 bits per heavy atom. The van der Waals surface area contributed by atoms with Crippen molar-refractivity contribution in [1.29, 1.82) is 0 Å². The number of benzene rings is 1. The van der Waals surface area contributed by atoms with Gasteiger partial charge < -0.3 is 20.8 Å². The molecule has 0 fully saturated rings. The molecule has 6 nitrogen and oxygen atoms in total. The van der Waals surface area contributed by atoms with E-state index in [1.54, 1.807) is 0 Å². The zero-order chi connectivity index (χ0) is 14.4. The Kier molecular flexibility index (Phi) is 5.71. The molecule has 0 saturated heterocycles. The van der Waals surface area contributed by atoms with E-state index in [2.05, 4.69) is 26.6 Å². The van der Waals surface area contributed by atoms with Gasteiger partial charge in [0.1, 0.15) is 5.82 Å². The molecule has 0 radical (unpaired) electrons. The minimum Gasteiger partial charge on any atom is -0.479 e. The van der Waals surface area contributed by atoms with Crippen LogP contribution in [0, 0.1) is 5.82 Å². The second-order valence-electron chi connectivity index (χ2n) is 3.65. The van der Waals surface area contributed by atoms with E-state index in [1.807, 2.05) is 0 Å². The zero-order valence-electron chi connectivity index (χ0n) is 9.69. The standard InChI is InChI=1S/C11H12BrFN2O4/c12-7-2-1-6(5-8(7)13)15-11(19)14-4-3-9(16)10(17)18/h1-2,5,9,16H,3-4H2,(H,17,18)(H2,14,15,19). The Hall–Kier alpha value is -1.67. The number of aliphatic hydroxyl groups is 1. The third-order valence-electron chi connectivity index (χ3n) is 2.17. The molecule has 2 amide bonds. The van der Waals surface area contributed by atoms with Gasteiger partial charge in [0, 0.05) is 18.7 Å². The number of anilines is 1. The number of nitrogens with one attached hydrogen (secondary N) is 2. The summed E-state index contributed by atoms with van der Waals surface area (Å²) in [6.07, 6.45) is -1.64. The van der Waals surface area contributed by atoms with Crippen LogP contribution in [0.5, 0.6) is 0 Å². The van der Waals surface area contributed by atoms with Gasteiger partial charge in [-0.15, -0.1) is 0 Å². The molecule has 1 aromatic carbocycles. The lowest BCUT2D eigenvalue weighted by atomic mass is 10.2. The van der Waals surface area contributed by atoms with Gasteiger partial charge in [-0.3, -0.25) is 0 Å². The largest absolute Gasteiger partial charge is 0.479 e. The van der Waals surface area contributed by atoms with Crippen LogP contribution < -0.4 is 10.6 Å². The average molecular weight is 335 g/mol. The molecule has 4 N–H and O–H groups in total. The van der Waals surface area contributed by atoms with E-state index in [4.69, 9.17) is 10.2 Å². The van der Waals surface area contributed by atoms with Crippen molar-refractivity contribution in [3.8, 4) is 0 Å². The van der Waals surface area contributed by atoms with E-state index in [9.17, 15) is 14.0 Å². The molecule has 1 rings (SSSR count). The quantitative estimate of drug-likeness (QED) is 0.656. The van der Waals surface area contributed by atoms with Gasteiger partial charge in [-0.1, -0.05) is 0 Å².